The molecule has 1 saturated carbocycles. The van der Waals surface area contributed by atoms with Crippen LogP contribution in [0.2, 0.25) is 11.1 Å². The third-order valence-electron chi connectivity index (χ3n) is 7.61. The van der Waals surface area contributed by atoms with Gasteiger partial charge in [-0.25, -0.2) is 0 Å². The van der Waals surface area contributed by atoms with E-state index in [9.17, 15) is 9.59 Å². The highest BCUT2D eigenvalue weighted by Crippen LogP contribution is 2.64. The quantitative estimate of drug-likeness (QED) is 0.280. The van der Waals surface area contributed by atoms with E-state index in [1.165, 1.54) is 13.8 Å². The zero-order valence-electron chi connectivity index (χ0n) is 19.3. The molecule has 4 rings (SSSR count). The lowest BCUT2D eigenvalue weighted by atomic mass is 9.71. The van der Waals surface area contributed by atoms with E-state index in [0.29, 0.717) is 12.2 Å². The van der Waals surface area contributed by atoms with E-state index >= 15 is 0 Å². The Labute approximate surface area is 185 Å². The maximum Gasteiger partial charge on any atom is 0.305 e. The van der Waals surface area contributed by atoms with Crippen molar-refractivity contribution in [2.24, 2.45) is 11.8 Å². The van der Waals surface area contributed by atoms with Gasteiger partial charge in [-0.15, -0.1) is 0 Å². The van der Waals surface area contributed by atoms with E-state index in [0.717, 1.165) is 36.8 Å². The Morgan fingerprint density at radius 2 is 1.97 bits per heavy atom. The fourth-order valence-corrected chi connectivity index (χ4v) is 5.50. The number of rotatable bonds is 5. The van der Waals surface area contributed by atoms with Crippen molar-refractivity contribution < 1.29 is 28.5 Å². The van der Waals surface area contributed by atoms with E-state index in [-0.39, 0.29) is 40.8 Å². The van der Waals surface area contributed by atoms with Crippen LogP contribution in [0, 0.1) is 11.8 Å². The molecule has 7 atom stereocenters. The van der Waals surface area contributed by atoms with E-state index in [2.05, 4.69) is 20.8 Å². The first-order chi connectivity index (χ1) is 14.5. The van der Waals surface area contributed by atoms with Crippen LogP contribution in [0.1, 0.15) is 66.7 Å². The molecule has 0 N–H and O–H groups in total. The van der Waals surface area contributed by atoms with Crippen molar-refractivity contribution >= 4 is 19.2 Å². The summed E-state index contributed by atoms with van der Waals surface area (Å²) in [6.45, 7) is 13.6. The summed E-state index contributed by atoms with van der Waals surface area (Å²) in [5, 5.41) is 0.244. The van der Waals surface area contributed by atoms with Gasteiger partial charge in [-0.3, -0.25) is 9.59 Å². The molecule has 1 aliphatic carbocycles. The molecule has 1 radical (unpaired) electrons. The molecule has 3 aliphatic heterocycles. The third kappa shape index (κ3) is 4.71. The average molecular weight is 429 g/mol. The summed E-state index contributed by atoms with van der Waals surface area (Å²) < 4.78 is 23.1. The molecular formula is C24H34BO6. The average Bonchev–Trinajstić information content (AvgIpc) is 3.50. The molecule has 0 aromatic heterocycles. The van der Waals surface area contributed by atoms with Gasteiger partial charge in [-0.05, 0) is 26.7 Å². The molecule has 4 unspecified atom stereocenters. The molecule has 169 valence electrons. The molecule has 7 heteroatoms. The van der Waals surface area contributed by atoms with Crippen LogP contribution in [0.4, 0.5) is 0 Å². The second-order valence-corrected chi connectivity index (χ2v) is 10.4. The summed E-state index contributed by atoms with van der Waals surface area (Å²) in [7, 11) is 2.44. The molecule has 4 aliphatic rings. The number of epoxide rings is 1. The lowest BCUT2D eigenvalue weighted by molar-refractivity contribution is -0.181. The van der Waals surface area contributed by atoms with Crippen molar-refractivity contribution in [2.75, 3.05) is 0 Å². The lowest BCUT2D eigenvalue weighted by Gasteiger charge is -2.40. The molecule has 0 bridgehead atoms. The molecule has 0 spiro atoms. The molecule has 6 nitrogen and oxygen atoms in total. The van der Waals surface area contributed by atoms with E-state index < -0.39 is 12.4 Å². The SMILES string of the molecule is C=C1CCC2[B]C2(C)CC[C@@H]2C(C(CC3OC3(C)C)OC(C)=O)=CO[C@H](OC(C)=O)[C@@H]12. The summed E-state index contributed by atoms with van der Waals surface area (Å²) in [4.78, 5) is 23.7. The first-order valence-corrected chi connectivity index (χ1v) is 11.4. The fourth-order valence-electron chi connectivity index (χ4n) is 5.50. The maximum absolute atomic E-state index is 12.0. The topological polar surface area (TPSA) is 74.4 Å². The second-order valence-electron chi connectivity index (χ2n) is 10.4. The minimum absolute atomic E-state index is 0.0283. The number of fused-ring (bicyclic) bond motifs is 2. The first-order valence-electron chi connectivity index (χ1n) is 11.4. The minimum atomic E-state index is -0.698. The van der Waals surface area contributed by atoms with Crippen LogP contribution in [0.15, 0.2) is 24.0 Å². The van der Waals surface area contributed by atoms with Crippen molar-refractivity contribution in [1.29, 1.82) is 0 Å². The van der Waals surface area contributed by atoms with E-state index in [1.807, 2.05) is 13.8 Å². The van der Waals surface area contributed by atoms with Crippen molar-refractivity contribution in [3.63, 3.8) is 0 Å². The smallest absolute Gasteiger partial charge is 0.305 e. The van der Waals surface area contributed by atoms with Gasteiger partial charge in [0, 0.05) is 31.8 Å². The third-order valence-corrected chi connectivity index (χ3v) is 7.61. The summed E-state index contributed by atoms with van der Waals surface area (Å²) in [6.07, 6.45) is 5.00. The summed E-state index contributed by atoms with van der Waals surface area (Å²) in [6, 6.07) is 0. The summed E-state index contributed by atoms with van der Waals surface area (Å²) >= 11 is 0. The maximum atomic E-state index is 12.0. The zero-order chi connectivity index (χ0) is 22.6. The van der Waals surface area contributed by atoms with Crippen LogP contribution in [-0.2, 0) is 28.5 Å². The van der Waals surface area contributed by atoms with Gasteiger partial charge >= 0.3 is 11.9 Å². The number of hydrogen-bond acceptors (Lipinski definition) is 6. The van der Waals surface area contributed by atoms with Crippen molar-refractivity contribution in [3.8, 4) is 0 Å². The van der Waals surface area contributed by atoms with Crippen LogP contribution in [0.5, 0.6) is 0 Å². The molecule has 3 fully saturated rings. The molecular weight excluding hydrogens is 395 g/mol. The highest BCUT2D eigenvalue weighted by Gasteiger charge is 2.54. The highest BCUT2D eigenvalue weighted by molar-refractivity contribution is 6.56. The zero-order valence-corrected chi connectivity index (χ0v) is 19.3. The number of ether oxygens (including phenoxy) is 4. The predicted molar refractivity (Wildman–Crippen MR) is 116 cm³/mol. The first kappa shape index (κ1) is 22.4. The Morgan fingerprint density at radius 3 is 2.58 bits per heavy atom. The fraction of sp³-hybridized carbons (Fsp3) is 0.750. The number of carbonyl (C=O) groups is 2. The lowest BCUT2D eigenvalue weighted by Crippen LogP contribution is -2.41. The van der Waals surface area contributed by atoms with Crippen molar-refractivity contribution in [3.05, 3.63) is 24.0 Å². The standard InChI is InChI=1S/C24H34BO6/c1-13-7-8-19-24(6,25-19)10-9-16-17(12-28-22(21(13)16)30-15(3)27)18(29-14(2)26)11-20-23(4,5)31-20/h12,16,18-22H,1,7-11H2,2-6H3/t16-,18?,19?,20?,21+,22-,24?/m1/s1. The van der Waals surface area contributed by atoms with Gasteiger partial charge in [0.2, 0.25) is 6.29 Å². The number of esters is 2. The minimum Gasteiger partial charge on any atom is -0.462 e. The Morgan fingerprint density at radius 1 is 1.26 bits per heavy atom. The number of carbonyl (C=O) groups excluding carboxylic acids is 2. The predicted octanol–water partition coefficient (Wildman–Crippen LogP) is 4.34. The normalized spacial score (nSPS) is 38.9. The van der Waals surface area contributed by atoms with Crippen LogP contribution in [-0.4, -0.2) is 43.3 Å². The Kier molecular flexibility index (Phi) is 5.78. The number of hydrogen-bond donors (Lipinski definition) is 0. The van der Waals surface area contributed by atoms with Gasteiger partial charge in [-0.1, -0.05) is 43.0 Å². The largest absolute Gasteiger partial charge is 0.462 e. The molecule has 2 saturated heterocycles. The molecule has 0 aromatic carbocycles. The van der Waals surface area contributed by atoms with E-state index in [1.54, 1.807) is 6.26 Å². The van der Waals surface area contributed by atoms with Crippen molar-refractivity contribution in [1.82, 2.24) is 0 Å². The van der Waals surface area contributed by atoms with Gasteiger partial charge in [0.1, 0.15) is 13.4 Å². The Hall–Kier alpha value is -1.76. The van der Waals surface area contributed by atoms with Gasteiger partial charge in [-0.2, -0.15) is 0 Å². The molecule has 0 amide bonds. The van der Waals surface area contributed by atoms with Crippen LogP contribution in [0.25, 0.3) is 0 Å². The molecule has 31 heavy (non-hydrogen) atoms. The van der Waals surface area contributed by atoms with Gasteiger partial charge < -0.3 is 18.9 Å². The molecule has 3 heterocycles. The van der Waals surface area contributed by atoms with Gasteiger partial charge in [0.25, 0.3) is 0 Å². The highest BCUT2D eigenvalue weighted by atomic mass is 16.7. The summed E-state index contributed by atoms with van der Waals surface area (Å²) in [5.41, 5.74) is 1.77. The van der Waals surface area contributed by atoms with Gasteiger partial charge in [0.05, 0.1) is 23.9 Å². The second kappa shape index (κ2) is 7.98. The van der Waals surface area contributed by atoms with E-state index in [4.69, 9.17) is 18.9 Å². The molecule has 0 aromatic rings. The van der Waals surface area contributed by atoms with Crippen molar-refractivity contribution in [2.45, 2.75) is 102 Å². The van der Waals surface area contributed by atoms with Crippen LogP contribution in [0.3, 0.4) is 0 Å². The van der Waals surface area contributed by atoms with Crippen LogP contribution >= 0.6 is 0 Å². The monoisotopic (exact) mass is 429 g/mol. The van der Waals surface area contributed by atoms with Crippen LogP contribution < -0.4 is 0 Å². The summed E-state index contributed by atoms with van der Waals surface area (Å²) in [5.74, 6) is -0.221. The Bertz CT molecular complexity index is 804. The van der Waals surface area contributed by atoms with Gasteiger partial charge in [0.15, 0.2) is 0 Å². The Balaban J connectivity index is 1.65.